The van der Waals surface area contributed by atoms with Crippen LogP contribution in [0.25, 0.3) is 0 Å². The van der Waals surface area contributed by atoms with Gasteiger partial charge in [-0.25, -0.2) is 0 Å². The Morgan fingerprint density at radius 3 is 2.65 bits per heavy atom. The summed E-state index contributed by atoms with van der Waals surface area (Å²) in [6.45, 7) is 2.14. The van der Waals surface area contributed by atoms with Crippen LogP contribution in [0.4, 0.5) is 0 Å². The molecule has 3 nitrogen and oxygen atoms in total. The van der Waals surface area contributed by atoms with E-state index >= 15 is 0 Å². The van der Waals surface area contributed by atoms with E-state index in [4.69, 9.17) is 16.3 Å². The first-order valence-corrected chi connectivity index (χ1v) is 6.35. The van der Waals surface area contributed by atoms with Crippen molar-refractivity contribution in [1.82, 2.24) is 0 Å². The number of aryl methyl sites for hydroxylation is 1. The number of ether oxygens (including phenoxy) is 1. The number of esters is 1. The highest BCUT2D eigenvalue weighted by Crippen LogP contribution is 2.18. The van der Waals surface area contributed by atoms with Crippen LogP contribution in [0, 0.1) is 0 Å². The molecule has 0 fully saturated rings. The first-order valence-electron chi connectivity index (χ1n) is 5.18. The van der Waals surface area contributed by atoms with Crippen molar-refractivity contribution in [2.24, 2.45) is 0 Å². The molecule has 1 aromatic carbocycles. The number of hydrogen-bond acceptors (Lipinski definition) is 3. The zero-order chi connectivity index (χ0) is 12.8. The highest BCUT2D eigenvalue weighted by Gasteiger charge is 2.07. The molecule has 0 aliphatic carbocycles. The minimum atomic E-state index is -0.510. The van der Waals surface area contributed by atoms with Crippen molar-refractivity contribution in [2.45, 2.75) is 19.8 Å². The summed E-state index contributed by atoms with van der Waals surface area (Å²) in [6.07, 6.45) is 0.815. The van der Waals surface area contributed by atoms with Crippen LogP contribution in [0.1, 0.15) is 29.3 Å². The van der Waals surface area contributed by atoms with E-state index in [-0.39, 0.29) is 5.97 Å². The van der Waals surface area contributed by atoms with Gasteiger partial charge in [-0.15, -0.1) is 0 Å². The fraction of sp³-hybridized carbons (Fsp3) is 0.333. The fourth-order valence-corrected chi connectivity index (χ4v) is 2.04. The minimum absolute atomic E-state index is 0.244. The average Bonchev–Trinajstić information content (AvgIpc) is 2.26. The molecule has 1 aromatic rings. The summed E-state index contributed by atoms with van der Waals surface area (Å²) in [5.74, 6) is -0.244. The molecule has 0 unspecified atom stereocenters. The Labute approximate surface area is 113 Å². The molecule has 0 spiro atoms. The van der Waals surface area contributed by atoms with Crippen LogP contribution in [0.2, 0.25) is 0 Å². The summed E-state index contributed by atoms with van der Waals surface area (Å²) in [4.78, 5) is 22.2. The highest BCUT2D eigenvalue weighted by atomic mass is 79.9. The normalized spacial score (nSPS) is 10.1. The van der Waals surface area contributed by atoms with E-state index < -0.39 is 5.24 Å². The quantitative estimate of drug-likeness (QED) is 0.617. The fourth-order valence-electron chi connectivity index (χ4n) is 1.39. The molecule has 0 atom stereocenters. The number of rotatable bonds is 5. The van der Waals surface area contributed by atoms with Gasteiger partial charge in [-0.1, -0.05) is 15.9 Å². The van der Waals surface area contributed by atoms with Crippen molar-refractivity contribution in [1.29, 1.82) is 0 Å². The molecule has 0 saturated carbocycles. The third-order valence-corrected chi connectivity index (χ3v) is 2.78. The van der Waals surface area contributed by atoms with Crippen molar-refractivity contribution in [3.8, 4) is 0 Å². The molecular weight excluding hydrogens is 307 g/mol. The van der Waals surface area contributed by atoms with Crippen LogP contribution in [-0.2, 0) is 16.0 Å². The van der Waals surface area contributed by atoms with Gasteiger partial charge in [-0.05, 0) is 48.7 Å². The number of benzene rings is 1. The lowest BCUT2D eigenvalue weighted by atomic mass is 10.1. The zero-order valence-corrected chi connectivity index (χ0v) is 11.7. The van der Waals surface area contributed by atoms with E-state index in [1.165, 1.54) is 0 Å². The number of carbonyl (C=O) groups excluding carboxylic acids is 2. The van der Waals surface area contributed by atoms with Crippen LogP contribution in [0.3, 0.4) is 0 Å². The van der Waals surface area contributed by atoms with Gasteiger partial charge < -0.3 is 4.74 Å². The maximum Gasteiger partial charge on any atom is 0.306 e. The van der Waals surface area contributed by atoms with Gasteiger partial charge in [-0.3, -0.25) is 9.59 Å². The van der Waals surface area contributed by atoms with Gasteiger partial charge >= 0.3 is 5.97 Å². The van der Waals surface area contributed by atoms with Gasteiger partial charge in [0.25, 0.3) is 5.24 Å². The van der Waals surface area contributed by atoms with Crippen LogP contribution in [0.15, 0.2) is 22.7 Å². The molecule has 0 bridgehead atoms. The van der Waals surface area contributed by atoms with Crippen LogP contribution in [0.5, 0.6) is 0 Å². The number of halogens is 2. The lowest BCUT2D eigenvalue weighted by molar-refractivity contribution is -0.143. The summed E-state index contributed by atoms with van der Waals surface area (Å²) < 4.78 is 5.59. The van der Waals surface area contributed by atoms with Gasteiger partial charge in [0.15, 0.2) is 0 Å². The van der Waals surface area contributed by atoms with E-state index in [0.717, 1.165) is 10.0 Å². The maximum absolute atomic E-state index is 11.2. The summed E-state index contributed by atoms with van der Waals surface area (Å²) >= 11 is 8.70. The van der Waals surface area contributed by atoms with E-state index in [1.807, 2.05) is 6.07 Å². The molecule has 5 heteroatoms. The molecule has 1 rings (SSSR count). The molecule has 0 N–H and O–H groups in total. The van der Waals surface area contributed by atoms with Crippen LogP contribution < -0.4 is 0 Å². The Hall–Kier alpha value is -0.870. The lowest BCUT2D eigenvalue weighted by Gasteiger charge is -2.04. The Morgan fingerprint density at radius 1 is 1.35 bits per heavy atom. The van der Waals surface area contributed by atoms with Crippen molar-refractivity contribution in [2.75, 3.05) is 6.61 Å². The van der Waals surface area contributed by atoms with Crippen molar-refractivity contribution in [3.63, 3.8) is 0 Å². The molecule has 0 aliphatic heterocycles. The standard InChI is InChI=1S/C12H12BrClO3/c1-2-17-11(15)4-3-8-5-9(12(14)16)7-10(13)6-8/h5-7H,2-4H2,1H3. The minimum Gasteiger partial charge on any atom is -0.466 e. The van der Waals surface area contributed by atoms with Gasteiger partial charge in [0.2, 0.25) is 0 Å². The Kier molecular flexibility index (Phi) is 5.65. The molecule has 0 saturated heterocycles. The molecule has 17 heavy (non-hydrogen) atoms. The van der Waals surface area contributed by atoms with E-state index in [2.05, 4.69) is 15.9 Å². The second-order valence-electron chi connectivity index (χ2n) is 3.43. The third kappa shape index (κ3) is 4.88. The molecule has 92 valence electrons. The van der Waals surface area contributed by atoms with Crippen molar-refractivity contribution in [3.05, 3.63) is 33.8 Å². The average molecular weight is 320 g/mol. The van der Waals surface area contributed by atoms with E-state index in [1.54, 1.807) is 19.1 Å². The SMILES string of the molecule is CCOC(=O)CCc1cc(Br)cc(C(=O)Cl)c1. The molecule has 0 aliphatic rings. The van der Waals surface area contributed by atoms with E-state index in [9.17, 15) is 9.59 Å². The molecular formula is C12H12BrClO3. The maximum atomic E-state index is 11.2. The van der Waals surface area contributed by atoms with Crippen molar-refractivity contribution >= 4 is 38.7 Å². The second kappa shape index (κ2) is 6.77. The largest absolute Gasteiger partial charge is 0.466 e. The van der Waals surface area contributed by atoms with Crippen LogP contribution >= 0.6 is 27.5 Å². The Bertz CT molecular complexity index is 432. The zero-order valence-electron chi connectivity index (χ0n) is 9.33. The Balaban J connectivity index is 2.71. The summed E-state index contributed by atoms with van der Waals surface area (Å²) in [6, 6.07) is 5.17. The number of carbonyl (C=O) groups is 2. The highest BCUT2D eigenvalue weighted by molar-refractivity contribution is 9.10. The van der Waals surface area contributed by atoms with Gasteiger partial charge in [0.1, 0.15) is 0 Å². The summed E-state index contributed by atoms with van der Waals surface area (Å²) in [5, 5.41) is -0.510. The molecule has 0 radical (unpaired) electrons. The topological polar surface area (TPSA) is 43.4 Å². The van der Waals surface area contributed by atoms with Gasteiger partial charge in [-0.2, -0.15) is 0 Å². The first-order chi connectivity index (χ1) is 8.02. The number of hydrogen-bond donors (Lipinski definition) is 0. The van der Waals surface area contributed by atoms with Gasteiger partial charge in [0.05, 0.1) is 6.61 Å². The molecule has 0 heterocycles. The summed E-state index contributed by atoms with van der Waals surface area (Å²) in [7, 11) is 0. The summed E-state index contributed by atoms with van der Waals surface area (Å²) in [5.41, 5.74) is 1.29. The lowest BCUT2D eigenvalue weighted by Crippen LogP contribution is -2.05. The second-order valence-corrected chi connectivity index (χ2v) is 4.69. The predicted octanol–water partition coefficient (Wildman–Crippen LogP) is 3.32. The predicted molar refractivity (Wildman–Crippen MR) is 69.3 cm³/mol. The Morgan fingerprint density at radius 2 is 2.06 bits per heavy atom. The molecule has 0 amide bonds. The smallest absolute Gasteiger partial charge is 0.306 e. The van der Waals surface area contributed by atoms with Crippen LogP contribution in [-0.4, -0.2) is 17.8 Å². The first kappa shape index (κ1) is 14.2. The molecule has 0 aromatic heterocycles. The van der Waals surface area contributed by atoms with E-state index in [0.29, 0.717) is 25.0 Å². The van der Waals surface area contributed by atoms with Gasteiger partial charge in [0, 0.05) is 16.5 Å². The third-order valence-electron chi connectivity index (χ3n) is 2.11. The monoisotopic (exact) mass is 318 g/mol. The van der Waals surface area contributed by atoms with Crippen molar-refractivity contribution < 1.29 is 14.3 Å².